The average Bonchev–Trinajstić information content (AvgIpc) is 2.70. The highest BCUT2D eigenvalue weighted by molar-refractivity contribution is 8.00. The Morgan fingerprint density at radius 3 is 1.93 bits per heavy atom. The number of hydrogen-bond donors (Lipinski definition) is 2. The van der Waals surface area contributed by atoms with Gasteiger partial charge in [-0.15, -0.1) is 11.8 Å². The Labute approximate surface area is 173 Å². The van der Waals surface area contributed by atoms with Crippen molar-refractivity contribution in [1.82, 2.24) is 0 Å². The second-order valence-corrected chi connectivity index (χ2v) is 7.15. The van der Waals surface area contributed by atoms with Gasteiger partial charge in [-0.25, -0.2) is 9.18 Å². The molecular formula is C21H23FN2O4S. The molecule has 2 N–H and O–H groups in total. The first-order chi connectivity index (χ1) is 14.0. The molecule has 0 aliphatic heterocycles. The second-order valence-electron chi connectivity index (χ2n) is 6.16. The largest absolute Gasteiger partial charge is 0.462 e. The number of esters is 1. The first-order valence-electron chi connectivity index (χ1n) is 9.18. The summed E-state index contributed by atoms with van der Waals surface area (Å²) in [6.07, 6.45) is 1.77. The minimum atomic E-state index is -0.390. The van der Waals surface area contributed by atoms with E-state index in [1.165, 1.54) is 24.3 Å². The number of halogens is 1. The molecule has 6 nitrogen and oxygen atoms in total. The molecule has 0 spiro atoms. The van der Waals surface area contributed by atoms with Crippen molar-refractivity contribution < 1.29 is 23.5 Å². The molecule has 0 bridgehead atoms. The zero-order valence-corrected chi connectivity index (χ0v) is 16.9. The minimum absolute atomic E-state index is 0.0906. The van der Waals surface area contributed by atoms with Crippen molar-refractivity contribution >= 4 is 40.9 Å². The highest BCUT2D eigenvalue weighted by atomic mass is 32.2. The third kappa shape index (κ3) is 8.35. The van der Waals surface area contributed by atoms with Gasteiger partial charge < -0.3 is 15.4 Å². The Morgan fingerprint density at radius 2 is 1.41 bits per heavy atom. The topological polar surface area (TPSA) is 84.5 Å². The van der Waals surface area contributed by atoms with Gasteiger partial charge in [-0.1, -0.05) is 13.3 Å². The van der Waals surface area contributed by atoms with Gasteiger partial charge in [0, 0.05) is 11.4 Å². The number of carbonyl (C=O) groups is 3. The molecule has 2 aromatic rings. The van der Waals surface area contributed by atoms with E-state index in [4.69, 9.17) is 4.74 Å². The molecule has 8 heteroatoms. The fourth-order valence-electron chi connectivity index (χ4n) is 2.25. The van der Waals surface area contributed by atoms with E-state index in [1.54, 1.807) is 24.3 Å². The lowest BCUT2D eigenvalue weighted by Gasteiger charge is -2.07. The van der Waals surface area contributed by atoms with E-state index in [1.807, 2.05) is 6.92 Å². The van der Waals surface area contributed by atoms with Gasteiger partial charge in [0.2, 0.25) is 11.8 Å². The quantitative estimate of drug-likeness (QED) is 0.448. The molecule has 0 radical (unpaired) electrons. The molecule has 0 saturated carbocycles. The van der Waals surface area contributed by atoms with Crippen molar-refractivity contribution in [2.45, 2.75) is 19.8 Å². The predicted octanol–water partition coefficient (Wildman–Crippen LogP) is 4.09. The average molecular weight is 418 g/mol. The molecule has 0 aromatic heterocycles. The van der Waals surface area contributed by atoms with E-state index in [9.17, 15) is 18.8 Å². The second kappa shape index (κ2) is 11.9. The van der Waals surface area contributed by atoms with Crippen LogP contribution >= 0.6 is 11.8 Å². The summed E-state index contributed by atoms with van der Waals surface area (Å²) < 4.78 is 18.0. The van der Waals surface area contributed by atoms with Crippen LogP contribution in [0.5, 0.6) is 0 Å². The van der Waals surface area contributed by atoms with Crippen LogP contribution in [0.25, 0.3) is 0 Å². The number of rotatable bonds is 10. The van der Waals surface area contributed by atoms with Gasteiger partial charge in [-0.2, -0.15) is 0 Å². The fourth-order valence-corrected chi connectivity index (χ4v) is 2.86. The maximum Gasteiger partial charge on any atom is 0.338 e. The van der Waals surface area contributed by atoms with E-state index in [0.29, 0.717) is 23.5 Å². The van der Waals surface area contributed by atoms with Crippen LogP contribution in [0.2, 0.25) is 0 Å². The summed E-state index contributed by atoms with van der Waals surface area (Å²) in [5.41, 5.74) is 1.47. The Kier molecular flexibility index (Phi) is 9.17. The SMILES string of the molecule is CCCCOC(=O)c1ccc(NC(=O)CSCC(=O)Nc2ccc(F)cc2)cc1. The van der Waals surface area contributed by atoms with E-state index < -0.39 is 0 Å². The van der Waals surface area contributed by atoms with Crippen LogP contribution in [0.1, 0.15) is 30.1 Å². The van der Waals surface area contributed by atoms with E-state index in [-0.39, 0.29) is 35.1 Å². The summed E-state index contributed by atoms with van der Waals surface area (Å²) in [5.74, 6) is -1.12. The number of carbonyl (C=O) groups excluding carboxylic acids is 3. The normalized spacial score (nSPS) is 10.3. The van der Waals surface area contributed by atoms with Crippen molar-refractivity contribution in [2.24, 2.45) is 0 Å². The van der Waals surface area contributed by atoms with Crippen molar-refractivity contribution in [3.63, 3.8) is 0 Å². The van der Waals surface area contributed by atoms with E-state index in [0.717, 1.165) is 24.6 Å². The van der Waals surface area contributed by atoms with Gasteiger partial charge in [-0.05, 0) is 55.0 Å². The zero-order chi connectivity index (χ0) is 21.1. The van der Waals surface area contributed by atoms with Crippen molar-refractivity contribution in [3.05, 3.63) is 59.9 Å². The molecule has 154 valence electrons. The monoisotopic (exact) mass is 418 g/mol. The Balaban J connectivity index is 1.70. The lowest BCUT2D eigenvalue weighted by Crippen LogP contribution is -2.18. The molecular weight excluding hydrogens is 395 g/mol. The summed E-state index contributed by atoms with van der Waals surface area (Å²) in [4.78, 5) is 35.7. The van der Waals surface area contributed by atoms with Gasteiger partial charge in [0.05, 0.1) is 23.7 Å². The standard InChI is InChI=1S/C21H23FN2O4S/c1-2-3-12-28-21(27)15-4-8-17(9-5-15)23-19(25)13-29-14-20(26)24-18-10-6-16(22)7-11-18/h4-11H,2-3,12-14H2,1H3,(H,23,25)(H,24,26). The first-order valence-corrected chi connectivity index (χ1v) is 10.3. The molecule has 2 rings (SSSR count). The van der Waals surface area contributed by atoms with Crippen molar-refractivity contribution in [1.29, 1.82) is 0 Å². The number of unbranched alkanes of at least 4 members (excludes halogenated alkanes) is 1. The molecule has 0 fully saturated rings. The van der Waals surface area contributed by atoms with Crippen LogP contribution in [-0.2, 0) is 14.3 Å². The number of hydrogen-bond acceptors (Lipinski definition) is 5. The summed E-state index contributed by atoms with van der Waals surface area (Å²) in [6.45, 7) is 2.40. The van der Waals surface area contributed by atoms with E-state index in [2.05, 4.69) is 10.6 Å². The number of anilines is 2. The van der Waals surface area contributed by atoms with Gasteiger partial charge in [0.15, 0.2) is 0 Å². The minimum Gasteiger partial charge on any atom is -0.462 e. The molecule has 0 aliphatic carbocycles. The third-order valence-electron chi connectivity index (χ3n) is 3.73. The Morgan fingerprint density at radius 1 is 0.897 bits per heavy atom. The van der Waals surface area contributed by atoms with Crippen LogP contribution in [0.3, 0.4) is 0 Å². The van der Waals surface area contributed by atoms with Crippen LogP contribution < -0.4 is 10.6 Å². The van der Waals surface area contributed by atoms with Crippen LogP contribution in [0.15, 0.2) is 48.5 Å². The number of benzene rings is 2. The molecule has 2 amide bonds. The molecule has 0 atom stereocenters. The summed E-state index contributed by atoms with van der Waals surface area (Å²) in [7, 11) is 0. The highest BCUT2D eigenvalue weighted by Crippen LogP contribution is 2.13. The lowest BCUT2D eigenvalue weighted by molar-refractivity contribution is -0.114. The van der Waals surface area contributed by atoms with Crippen molar-refractivity contribution in [3.8, 4) is 0 Å². The summed E-state index contributed by atoms with van der Waals surface area (Å²) >= 11 is 1.16. The van der Waals surface area contributed by atoms with Gasteiger partial charge >= 0.3 is 5.97 Å². The molecule has 29 heavy (non-hydrogen) atoms. The van der Waals surface area contributed by atoms with Gasteiger partial charge in [-0.3, -0.25) is 9.59 Å². The van der Waals surface area contributed by atoms with Gasteiger partial charge in [0.25, 0.3) is 0 Å². The number of ether oxygens (including phenoxy) is 1. The van der Waals surface area contributed by atoms with Crippen LogP contribution in [-0.4, -0.2) is 35.9 Å². The number of thioether (sulfide) groups is 1. The van der Waals surface area contributed by atoms with Crippen LogP contribution in [0.4, 0.5) is 15.8 Å². The Hall–Kier alpha value is -2.87. The third-order valence-corrected chi connectivity index (χ3v) is 4.66. The summed E-state index contributed by atoms with van der Waals surface area (Å²) in [5, 5.41) is 5.33. The number of nitrogens with one attached hydrogen (secondary N) is 2. The number of amides is 2. The molecule has 0 unspecified atom stereocenters. The summed E-state index contributed by atoms with van der Waals surface area (Å²) in [6, 6.07) is 11.9. The lowest BCUT2D eigenvalue weighted by atomic mass is 10.2. The smallest absolute Gasteiger partial charge is 0.338 e. The molecule has 0 aliphatic rings. The molecule has 2 aromatic carbocycles. The highest BCUT2D eigenvalue weighted by Gasteiger charge is 2.09. The first kappa shape index (κ1) is 22.4. The van der Waals surface area contributed by atoms with Crippen LogP contribution in [0, 0.1) is 5.82 Å². The predicted molar refractivity (Wildman–Crippen MR) is 113 cm³/mol. The maximum atomic E-state index is 12.8. The Bertz CT molecular complexity index is 826. The van der Waals surface area contributed by atoms with Gasteiger partial charge in [0.1, 0.15) is 5.82 Å². The van der Waals surface area contributed by atoms with Crippen molar-refractivity contribution in [2.75, 3.05) is 28.7 Å². The van der Waals surface area contributed by atoms with E-state index >= 15 is 0 Å². The zero-order valence-electron chi connectivity index (χ0n) is 16.1. The fraction of sp³-hybridized carbons (Fsp3) is 0.286. The molecule has 0 saturated heterocycles. The molecule has 0 heterocycles. The maximum absolute atomic E-state index is 12.8.